The number of methoxy groups -OCH3 is 2. The van der Waals surface area contributed by atoms with E-state index in [1.165, 1.54) is 14.2 Å². The Morgan fingerprint density at radius 1 is 1.08 bits per heavy atom. The van der Waals surface area contributed by atoms with Crippen LogP contribution in [0.3, 0.4) is 0 Å². The molecule has 140 valence electrons. The van der Waals surface area contributed by atoms with Crippen LogP contribution in [0.1, 0.15) is 21.5 Å². The van der Waals surface area contributed by atoms with Gasteiger partial charge < -0.3 is 14.8 Å². The number of carbonyl (C=O) groups excluding carboxylic acids is 1. The van der Waals surface area contributed by atoms with Crippen molar-refractivity contribution in [1.29, 1.82) is 0 Å². The van der Waals surface area contributed by atoms with Gasteiger partial charge in [-0.2, -0.15) is 13.2 Å². The summed E-state index contributed by atoms with van der Waals surface area (Å²) in [6.07, 6.45) is -4.93. The van der Waals surface area contributed by atoms with E-state index in [0.29, 0.717) is 17.1 Å². The largest absolute Gasteiger partial charge is 0.493 e. The average Bonchev–Trinajstić information content (AvgIpc) is 2.57. The topological polar surface area (TPSA) is 47.6 Å². The van der Waals surface area contributed by atoms with Crippen molar-refractivity contribution < 1.29 is 36.2 Å². The minimum atomic E-state index is -4.93. The van der Waals surface area contributed by atoms with Crippen molar-refractivity contribution in [3.8, 4) is 11.5 Å². The SMILES string of the molecule is COc1cccc(CNC(=O)c2c(F)cc(C(F)(F)F)cc2F)c1OC. The summed E-state index contributed by atoms with van der Waals surface area (Å²) in [6, 6.07) is 4.96. The lowest BCUT2D eigenvalue weighted by molar-refractivity contribution is -0.138. The van der Waals surface area contributed by atoms with Gasteiger partial charge in [0.2, 0.25) is 0 Å². The summed E-state index contributed by atoms with van der Waals surface area (Å²) >= 11 is 0. The second-order valence-electron chi connectivity index (χ2n) is 5.15. The first-order chi connectivity index (χ1) is 12.2. The van der Waals surface area contributed by atoms with E-state index >= 15 is 0 Å². The molecule has 0 saturated carbocycles. The molecule has 0 aromatic heterocycles. The van der Waals surface area contributed by atoms with Crippen LogP contribution in [-0.4, -0.2) is 20.1 Å². The monoisotopic (exact) mass is 375 g/mol. The van der Waals surface area contributed by atoms with Gasteiger partial charge in [0.15, 0.2) is 11.5 Å². The summed E-state index contributed by atoms with van der Waals surface area (Å²) in [5, 5.41) is 2.25. The number of carbonyl (C=O) groups is 1. The van der Waals surface area contributed by atoms with Crippen molar-refractivity contribution in [1.82, 2.24) is 5.32 Å². The first-order valence-electron chi connectivity index (χ1n) is 7.23. The number of rotatable bonds is 5. The Labute approximate surface area is 145 Å². The molecule has 0 heterocycles. The predicted molar refractivity (Wildman–Crippen MR) is 82.1 cm³/mol. The summed E-state index contributed by atoms with van der Waals surface area (Å²) in [7, 11) is 2.78. The number of para-hydroxylation sites is 1. The molecule has 4 nitrogen and oxygen atoms in total. The zero-order valence-corrected chi connectivity index (χ0v) is 13.7. The fourth-order valence-electron chi connectivity index (χ4n) is 2.31. The fourth-order valence-corrected chi connectivity index (χ4v) is 2.31. The third-order valence-corrected chi connectivity index (χ3v) is 3.52. The van der Waals surface area contributed by atoms with Crippen LogP contribution in [0.2, 0.25) is 0 Å². The highest BCUT2D eigenvalue weighted by molar-refractivity contribution is 5.94. The molecule has 2 rings (SSSR count). The maximum atomic E-state index is 13.8. The first kappa shape index (κ1) is 19.5. The zero-order valence-electron chi connectivity index (χ0n) is 13.7. The van der Waals surface area contributed by atoms with Crippen molar-refractivity contribution in [2.45, 2.75) is 12.7 Å². The molecule has 0 atom stereocenters. The molecule has 0 aliphatic carbocycles. The molecule has 0 aliphatic rings. The van der Waals surface area contributed by atoms with Crippen LogP contribution in [0, 0.1) is 11.6 Å². The summed E-state index contributed by atoms with van der Waals surface area (Å²) in [5.41, 5.74) is -2.16. The number of benzene rings is 2. The highest BCUT2D eigenvalue weighted by Gasteiger charge is 2.33. The minimum Gasteiger partial charge on any atom is -0.493 e. The van der Waals surface area contributed by atoms with Crippen LogP contribution in [0.5, 0.6) is 11.5 Å². The van der Waals surface area contributed by atoms with Crippen LogP contribution in [0.4, 0.5) is 22.0 Å². The van der Waals surface area contributed by atoms with E-state index in [2.05, 4.69) is 5.32 Å². The lowest BCUT2D eigenvalue weighted by Gasteiger charge is -2.14. The van der Waals surface area contributed by atoms with E-state index in [4.69, 9.17) is 9.47 Å². The molecule has 26 heavy (non-hydrogen) atoms. The molecule has 0 fully saturated rings. The molecular formula is C17H14F5NO3. The van der Waals surface area contributed by atoms with Gasteiger partial charge in [0.05, 0.1) is 19.8 Å². The maximum Gasteiger partial charge on any atom is 0.416 e. The molecule has 1 amide bonds. The molecule has 0 aliphatic heterocycles. The second-order valence-corrected chi connectivity index (χ2v) is 5.15. The van der Waals surface area contributed by atoms with Crippen molar-refractivity contribution >= 4 is 5.91 Å². The van der Waals surface area contributed by atoms with Gasteiger partial charge in [-0.1, -0.05) is 12.1 Å². The number of alkyl halides is 3. The highest BCUT2D eigenvalue weighted by Crippen LogP contribution is 2.32. The molecule has 0 radical (unpaired) electrons. The number of halogens is 5. The van der Waals surface area contributed by atoms with Crippen LogP contribution in [0.25, 0.3) is 0 Å². The Kier molecular flexibility index (Phi) is 5.69. The third-order valence-electron chi connectivity index (χ3n) is 3.52. The van der Waals surface area contributed by atoms with Crippen LogP contribution < -0.4 is 14.8 Å². The highest BCUT2D eigenvalue weighted by atomic mass is 19.4. The summed E-state index contributed by atoms with van der Waals surface area (Å²) in [4.78, 5) is 12.0. The third kappa shape index (κ3) is 4.04. The van der Waals surface area contributed by atoms with E-state index in [-0.39, 0.29) is 18.7 Å². The van der Waals surface area contributed by atoms with E-state index < -0.39 is 34.8 Å². The van der Waals surface area contributed by atoms with Crippen molar-refractivity contribution in [3.63, 3.8) is 0 Å². The van der Waals surface area contributed by atoms with Gasteiger partial charge in [-0.15, -0.1) is 0 Å². The number of hydrogen-bond donors (Lipinski definition) is 1. The van der Waals surface area contributed by atoms with Crippen LogP contribution >= 0.6 is 0 Å². The van der Waals surface area contributed by atoms with Gasteiger partial charge in [-0.05, 0) is 18.2 Å². The van der Waals surface area contributed by atoms with Gasteiger partial charge in [-0.25, -0.2) is 8.78 Å². The Bertz CT molecular complexity index is 798. The normalized spacial score (nSPS) is 11.2. The van der Waals surface area contributed by atoms with Crippen LogP contribution in [0.15, 0.2) is 30.3 Å². The molecule has 2 aromatic carbocycles. The molecule has 0 saturated heterocycles. The molecule has 1 N–H and O–H groups in total. The Morgan fingerprint density at radius 2 is 1.69 bits per heavy atom. The molecular weight excluding hydrogens is 361 g/mol. The quantitative estimate of drug-likeness (QED) is 0.806. The number of ether oxygens (including phenoxy) is 2. The van der Waals surface area contributed by atoms with Gasteiger partial charge in [0.1, 0.15) is 17.2 Å². The lowest BCUT2D eigenvalue weighted by atomic mass is 10.1. The molecule has 0 bridgehead atoms. The summed E-state index contributed by atoms with van der Waals surface area (Å²) < 4.78 is 75.6. The van der Waals surface area contributed by atoms with Crippen molar-refractivity contribution in [3.05, 3.63) is 58.7 Å². The summed E-state index contributed by atoms with van der Waals surface area (Å²) in [5.74, 6) is -3.71. The summed E-state index contributed by atoms with van der Waals surface area (Å²) in [6.45, 7) is -0.181. The fraction of sp³-hybridized carbons (Fsp3) is 0.235. The van der Waals surface area contributed by atoms with E-state index in [9.17, 15) is 26.7 Å². The van der Waals surface area contributed by atoms with E-state index in [0.717, 1.165) is 0 Å². The molecule has 0 unspecified atom stereocenters. The number of amides is 1. The Morgan fingerprint density at radius 3 is 2.19 bits per heavy atom. The first-order valence-corrected chi connectivity index (χ1v) is 7.23. The molecule has 0 spiro atoms. The maximum absolute atomic E-state index is 13.8. The standard InChI is InChI=1S/C17H14F5NO3/c1-25-13-5-3-4-9(15(13)26-2)8-23-16(24)14-11(18)6-10(7-12(14)19)17(20,21)22/h3-7H,8H2,1-2H3,(H,23,24). The second kappa shape index (κ2) is 7.59. The predicted octanol–water partition coefficient (Wildman–Crippen LogP) is 3.93. The van der Waals surface area contributed by atoms with E-state index in [1.54, 1.807) is 18.2 Å². The Hall–Kier alpha value is -2.84. The number of nitrogens with one attached hydrogen (secondary N) is 1. The minimum absolute atomic E-state index is 0.0735. The zero-order chi connectivity index (χ0) is 19.5. The smallest absolute Gasteiger partial charge is 0.416 e. The molecule has 2 aromatic rings. The van der Waals surface area contributed by atoms with Gasteiger partial charge in [0.25, 0.3) is 5.91 Å². The lowest BCUT2D eigenvalue weighted by Crippen LogP contribution is -2.26. The van der Waals surface area contributed by atoms with Gasteiger partial charge in [-0.3, -0.25) is 4.79 Å². The Balaban J connectivity index is 2.24. The number of hydrogen-bond acceptors (Lipinski definition) is 3. The van der Waals surface area contributed by atoms with Crippen molar-refractivity contribution in [2.75, 3.05) is 14.2 Å². The van der Waals surface area contributed by atoms with Crippen molar-refractivity contribution in [2.24, 2.45) is 0 Å². The van der Waals surface area contributed by atoms with E-state index in [1.807, 2.05) is 0 Å². The van der Waals surface area contributed by atoms with Gasteiger partial charge >= 0.3 is 6.18 Å². The average molecular weight is 375 g/mol. The van der Waals surface area contributed by atoms with Gasteiger partial charge in [0, 0.05) is 12.1 Å². The van der Waals surface area contributed by atoms with Crippen LogP contribution in [-0.2, 0) is 12.7 Å². The molecule has 9 heteroatoms.